The van der Waals surface area contributed by atoms with E-state index in [1.165, 1.54) is 0 Å². The largest absolute Gasteiger partial charge is 0.274 e. The summed E-state index contributed by atoms with van der Waals surface area (Å²) in [5, 5.41) is 4.83. The van der Waals surface area contributed by atoms with Crippen LogP contribution in [-0.4, -0.2) is 15.0 Å². The molecule has 1 aliphatic rings. The van der Waals surface area contributed by atoms with Gasteiger partial charge in [0.05, 0.1) is 0 Å². The Morgan fingerprint density at radius 3 is 2.42 bits per heavy atom. The summed E-state index contributed by atoms with van der Waals surface area (Å²) in [5.74, 6) is 0. The standard InChI is InChI=1S/C7H16N2O2S/c1-2-3-7(4-5-7)6-9-12(8,10)11/h9H,2-6H2,1H3,(H2,8,10,11). The summed E-state index contributed by atoms with van der Waals surface area (Å²) in [4.78, 5) is 0. The van der Waals surface area contributed by atoms with Crippen molar-refractivity contribution in [1.29, 1.82) is 0 Å². The molecule has 0 aromatic rings. The number of nitrogens with one attached hydrogen (secondary N) is 1. The van der Waals surface area contributed by atoms with E-state index in [1.54, 1.807) is 0 Å². The van der Waals surface area contributed by atoms with Crippen molar-refractivity contribution in [3.8, 4) is 0 Å². The Hall–Kier alpha value is -0.130. The SMILES string of the molecule is CCCC1(CNS(N)(=O)=O)CC1. The fourth-order valence-corrected chi connectivity index (χ4v) is 1.98. The van der Waals surface area contributed by atoms with E-state index in [1.807, 2.05) is 0 Å². The molecule has 0 atom stereocenters. The minimum absolute atomic E-state index is 0.237. The van der Waals surface area contributed by atoms with Crippen LogP contribution in [0.5, 0.6) is 0 Å². The smallest absolute Gasteiger partial charge is 0.216 e. The lowest BCUT2D eigenvalue weighted by atomic mass is 10.0. The molecular weight excluding hydrogens is 176 g/mol. The molecular formula is C7H16N2O2S. The van der Waals surface area contributed by atoms with Crippen molar-refractivity contribution in [2.24, 2.45) is 10.6 Å². The van der Waals surface area contributed by atoms with Crippen molar-refractivity contribution >= 4 is 10.2 Å². The van der Waals surface area contributed by atoms with Gasteiger partial charge in [0.15, 0.2) is 0 Å². The second-order valence-corrected chi connectivity index (χ2v) is 4.99. The van der Waals surface area contributed by atoms with Gasteiger partial charge >= 0.3 is 0 Å². The molecule has 0 radical (unpaired) electrons. The average molecular weight is 192 g/mol. The molecule has 4 nitrogen and oxygen atoms in total. The lowest BCUT2D eigenvalue weighted by Crippen LogP contribution is -2.35. The van der Waals surface area contributed by atoms with Crippen LogP contribution in [0.25, 0.3) is 0 Å². The van der Waals surface area contributed by atoms with E-state index in [9.17, 15) is 8.42 Å². The van der Waals surface area contributed by atoms with Crippen LogP contribution in [0.3, 0.4) is 0 Å². The topological polar surface area (TPSA) is 72.2 Å². The van der Waals surface area contributed by atoms with E-state index in [0.29, 0.717) is 6.54 Å². The van der Waals surface area contributed by atoms with Gasteiger partial charge in [-0.3, -0.25) is 0 Å². The number of nitrogens with two attached hydrogens (primary N) is 1. The molecule has 0 bridgehead atoms. The molecule has 0 aromatic carbocycles. The van der Waals surface area contributed by atoms with E-state index >= 15 is 0 Å². The van der Waals surface area contributed by atoms with Gasteiger partial charge in [-0.2, -0.15) is 8.42 Å². The van der Waals surface area contributed by atoms with Crippen molar-refractivity contribution in [1.82, 2.24) is 4.72 Å². The highest BCUT2D eigenvalue weighted by molar-refractivity contribution is 7.87. The molecule has 5 heteroatoms. The zero-order chi connectivity index (χ0) is 9.24. The van der Waals surface area contributed by atoms with Crippen molar-refractivity contribution in [2.45, 2.75) is 32.6 Å². The van der Waals surface area contributed by atoms with Gasteiger partial charge in [0.25, 0.3) is 10.2 Å². The molecule has 72 valence electrons. The number of rotatable bonds is 5. The van der Waals surface area contributed by atoms with Crippen molar-refractivity contribution in [3.05, 3.63) is 0 Å². The zero-order valence-electron chi connectivity index (χ0n) is 7.34. The predicted molar refractivity (Wildman–Crippen MR) is 47.7 cm³/mol. The maximum Gasteiger partial charge on any atom is 0.274 e. The van der Waals surface area contributed by atoms with Gasteiger partial charge in [-0.05, 0) is 24.7 Å². The molecule has 1 aliphatic carbocycles. The van der Waals surface area contributed by atoms with Gasteiger partial charge in [0, 0.05) is 6.54 Å². The average Bonchev–Trinajstić information content (AvgIpc) is 2.65. The summed E-state index contributed by atoms with van der Waals surface area (Å²) in [6, 6.07) is 0. The summed E-state index contributed by atoms with van der Waals surface area (Å²) < 4.78 is 23.5. The molecule has 0 amide bonds. The molecule has 0 aromatic heterocycles. The molecule has 12 heavy (non-hydrogen) atoms. The summed E-state index contributed by atoms with van der Waals surface area (Å²) >= 11 is 0. The number of hydrogen-bond acceptors (Lipinski definition) is 2. The number of hydrogen-bond donors (Lipinski definition) is 2. The molecule has 0 heterocycles. The molecule has 0 unspecified atom stereocenters. The molecule has 1 rings (SSSR count). The summed E-state index contributed by atoms with van der Waals surface area (Å²) in [5.41, 5.74) is 0.237. The van der Waals surface area contributed by atoms with Crippen LogP contribution >= 0.6 is 0 Å². The van der Waals surface area contributed by atoms with E-state index in [-0.39, 0.29) is 5.41 Å². The summed E-state index contributed by atoms with van der Waals surface area (Å²) in [7, 11) is -3.49. The van der Waals surface area contributed by atoms with Crippen LogP contribution in [0.2, 0.25) is 0 Å². The first-order chi connectivity index (χ1) is 5.47. The van der Waals surface area contributed by atoms with Gasteiger partial charge in [-0.1, -0.05) is 13.3 Å². The first-order valence-corrected chi connectivity index (χ1v) is 5.79. The highest BCUT2D eigenvalue weighted by Crippen LogP contribution is 2.48. The van der Waals surface area contributed by atoms with Crippen LogP contribution in [0, 0.1) is 5.41 Å². The molecule has 1 saturated carbocycles. The van der Waals surface area contributed by atoms with E-state index in [0.717, 1.165) is 25.7 Å². The van der Waals surface area contributed by atoms with Crippen molar-refractivity contribution < 1.29 is 8.42 Å². The Kier molecular flexibility index (Phi) is 2.75. The molecule has 0 spiro atoms. The van der Waals surface area contributed by atoms with Gasteiger partial charge < -0.3 is 0 Å². The third kappa shape index (κ3) is 3.08. The third-order valence-corrected chi connectivity index (χ3v) is 2.93. The normalized spacial score (nSPS) is 20.8. The van der Waals surface area contributed by atoms with Gasteiger partial charge in [-0.25, -0.2) is 9.86 Å². The molecule has 1 fully saturated rings. The Balaban J connectivity index is 2.32. The second-order valence-electron chi connectivity index (χ2n) is 3.62. The summed E-state index contributed by atoms with van der Waals surface area (Å²) in [6.07, 6.45) is 4.45. The minimum Gasteiger partial charge on any atom is -0.216 e. The molecule has 0 saturated heterocycles. The van der Waals surface area contributed by atoms with Crippen LogP contribution < -0.4 is 9.86 Å². The molecule has 3 N–H and O–H groups in total. The first kappa shape index (κ1) is 9.95. The Bertz CT molecular complexity index is 244. The van der Waals surface area contributed by atoms with E-state index < -0.39 is 10.2 Å². The molecule has 0 aliphatic heterocycles. The van der Waals surface area contributed by atoms with E-state index in [2.05, 4.69) is 11.6 Å². The predicted octanol–water partition coefficient (Wildman–Crippen LogP) is 0.360. The fraction of sp³-hybridized carbons (Fsp3) is 1.00. The van der Waals surface area contributed by atoms with Crippen LogP contribution in [0.4, 0.5) is 0 Å². The van der Waals surface area contributed by atoms with E-state index in [4.69, 9.17) is 5.14 Å². The van der Waals surface area contributed by atoms with Gasteiger partial charge in [-0.15, -0.1) is 0 Å². The first-order valence-electron chi connectivity index (χ1n) is 4.25. The fourth-order valence-electron chi connectivity index (χ4n) is 1.48. The highest BCUT2D eigenvalue weighted by atomic mass is 32.2. The van der Waals surface area contributed by atoms with Crippen molar-refractivity contribution in [2.75, 3.05) is 6.54 Å². The Morgan fingerprint density at radius 2 is 2.08 bits per heavy atom. The monoisotopic (exact) mass is 192 g/mol. The van der Waals surface area contributed by atoms with Crippen LogP contribution in [0.1, 0.15) is 32.6 Å². The van der Waals surface area contributed by atoms with Gasteiger partial charge in [0.1, 0.15) is 0 Å². The highest BCUT2D eigenvalue weighted by Gasteiger charge is 2.41. The lowest BCUT2D eigenvalue weighted by molar-refractivity contribution is 0.449. The van der Waals surface area contributed by atoms with Crippen LogP contribution in [0.15, 0.2) is 0 Å². The summed E-state index contributed by atoms with van der Waals surface area (Å²) in [6.45, 7) is 2.62. The zero-order valence-corrected chi connectivity index (χ0v) is 8.15. The minimum atomic E-state index is -3.49. The maximum atomic E-state index is 10.6. The Morgan fingerprint density at radius 1 is 1.50 bits per heavy atom. The Labute approximate surface area is 73.7 Å². The maximum absolute atomic E-state index is 10.6. The van der Waals surface area contributed by atoms with Gasteiger partial charge in [0.2, 0.25) is 0 Å². The second kappa shape index (κ2) is 3.32. The third-order valence-electron chi connectivity index (χ3n) is 2.39. The van der Waals surface area contributed by atoms with Crippen LogP contribution in [-0.2, 0) is 10.2 Å². The van der Waals surface area contributed by atoms with Crippen molar-refractivity contribution in [3.63, 3.8) is 0 Å². The lowest BCUT2D eigenvalue weighted by Gasteiger charge is -2.12. The quantitative estimate of drug-likeness (QED) is 0.660.